The molecule has 1 aliphatic rings. The monoisotopic (exact) mass is 313 g/mol. The van der Waals surface area contributed by atoms with Crippen LogP contribution in [0.4, 0.5) is 0 Å². The molecular formula is C20H31N3. The Morgan fingerprint density at radius 1 is 1.04 bits per heavy atom. The Morgan fingerprint density at radius 3 is 2.52 bits per heavy atom. The standard InChI is InChI=1S/C20H31N3/c1-17(2)16-23-19-11-6-5-10-18(19)21-20(23)12-9-15-22-13-7-3-4-8-14-22/h5-6,10-11,17H,3-4,7-9,12-16H2,1-2H3. The number of aromatic nitrogens is 2. The van der Waals surface area contributed by atoms with Gasteiger partial charge in [0, 0.05) is 13.0 Å². The van der Waals surface area contributed by atoms with E-state index in [0.29, 0.717) is 5.92 Å². The molecule has 0 radical (unpaired) electrons. The minimum Gasteiger partial charge on any atom is -0.328 e. The van der Waals surface area contributed by atoms with E-state index in [4.69, 9.17) is 4.98 Å². The highest BCUT2D eigenvalue weighted by Gasteiger charge is 2.13. The van der Waals surface area contributed by atoms with Crippen LogP contribution in [0.1, 0.15) is 51.8 Å². The molecule has 2 heterocycles. The van der Waals surface area contributed by atoms with E-state index in [1.807, 2.05) is 0 Å². The highest BCUT2D eigenvalue weighted by atomic mass is 15.1. The molecule has 0 spiro atoms. The SMILES string of the molecule is CC(C)Cn1c(CCCN2CCCCCC2)nc2ccccc21. The maximum absolute atomic E-state index is 4.91. The van der Waals surface area contributed by atoms with E-state index < -0.39 is 0 Å². The first-order chi connectivity index (χ1) is 11.2. The first kappa shape index (κ1) is 16.5. The molecule has 0 bridgehead atoms. The second kappa shape index (κ2) is 7.96. The van der Waals surface area contributed by atoms with Gasteiger partial charge in [-0.15, -0.1) is 0 Å². The molecule has 126 valence electrons. The lowest BCUT2D eigenvalue weighted by atomic mass is 10.2. The fourth-order valence-corrected chi connectivity index (χ4v) is 3.71. The molecule has 0 unspecified atom stereocenters. The number of nitrogens with zero attached hydrogens (tertiary/aromatic N) is 3. The maximum Gasteiger partial charge on any atom is 0.109 e. The second-order valence-electron chi connectivity index (χ2n) is 7.38. The normalized spacial score (nSPS) is 17.0. The Balaban J connectivity index is 1.66. The summed E-state index contributed by atoms with van der Waals surface area (Å²) in [4.78, 5) is 7.57. The summed E-state index contributed by atoms with van der Waals surface area (Å²) in [6, 6.07) is 8.57. The van der Waals surface area contributed by atoms with E-state index in [1.165, 1.54) is 63.1 Å². The van der Waals surface area contributed by atoms with Crippen LogP contribution in [0.2, 0.25) is 0 Å². The largest absolute Gasteiger partial charge is 0.328 e. The summed E-state index contributed by atoms with van der Waals surface area (Å²) in [6.07, 6.45) is 7.92. The molecule has 0 saturated carbocycles. The summed E-state index contributed by atoms with van der Waals surface area (Å²) < 4.78 is 2.45. The minimum absolute atomic E-state index is 0.650. The highest BCUT2D eigenvalue weighted by Crippen LogP contribution is 2.19. The lowest BCUT2D eigenvalue weighted by molar-refractivity contribution is 0.280. The Hall–Kier alpha value is -1.35. The van der Waals surface area contributed by atoms with Gasteiger partial charge in [-0.25, -0.2) is 4.98 Å². The van der Waals surface area contributed by atoms with Crippen molar-refractivity contribution in [3.63, 3.8) is 0 Å². The van der Waals surface area contributed by atoms with E-state index in [9.17, 15) is 0 Å². The van der Waals surface area contributed by atoms with Gasteiger partial charge >= 0.3 is 0 Å². The van der Waals surface area contributed by atoms with Crippen LogP contribution in [-0.4, -0.2) is 34.1 Å². The van der Waals surface area contributed by atoms with E-state index in [2.05, 4.69) is 47.6 Å². The molecule has 3 heteroatoms. The van der Waals surface area contributed by atoms with E-state index in [0.717, 1.165) is 18.5 Å². The number of aryl methyl sites for hydroxylation is 1. The van der Waals surface area contributed by atoms with Gasteiger partial charge in [0.2, 0.25) is 0 Å². The zero-order chi connectivity index (χ0) is 16.1. The van der Waals surface area contributed by atoms with Crippen molar-refractivity contribution in [1.82, 2.24) is 14.5 Å². The topological polar surface area (TPSA) is 21.1 Å². The number of likely N-dealkylation sites (tertiary alicyclic amines) is 1. The van der Waals surface area contributed by atoms with Gasteiger partial charge in [0.25, 0.3) is 0 Å². The van der Waals surface area contributed by atoms with Crippen LogP contribution >= 0.6 is 0 Å². The van der Waals surface area contributed by atoms with Crippen molar-refractivity contribution >= 4 is 11.0 Å². The zero-order valence-electron chi connectivity index (χ0n) is 14.8. The third-order valence-corrected chi connectivity index (χ3v) is 4.85. The third-order valence-electron chi connectivity index (χ3n) is 4.85. The van der Waals surface area contributed by atoms with Gasteiger partial charge in [-0.2, -0.15) is 0 Å². The average Bonchev–Trinajstić information content (AvgIpc) is 2.72. The van der Waals surface area contributed by atoms with Crippen LogP contribution in [0.15, 0.2) is 24.3 Å². The molecule has 3 nitrogen and oxygen atoms in total. The molecule has 0 atom stereocenters. The first-order valence-corrected chi connectivity index (χ1v) is 9.40. The van der Waals surface area contributed by atoms with Crippen LogP contribution in [0.5, 0.6) is 0 Å². The van der Waals surface area contributed by atoms with Crippen molar-refractivity contribution in [2.75, 3.05) is 19.6 Å². The van der Waals surface area contributed by atoms with Crippen LogP contribution in [0.25, 0.3) is 11.0 Å². The van der Waals surface area contributed by atoms with E-state index in [1.54, 1.807) is 0 Å². The van der Waals surface area contributed by atoms with E-state index in [-0.39, 0.29) is 0 Å². The molecule has 1 aliphatic heterocycles. The molecule has 1 saturated heterocycles. The number of hydrogen-bond acceptors (Lipinski definition) is 2. The number of rotatable bonds is 6. The van der Waals surface area contributed by atoms with Gasteiger partial charge in [0.15, 0.2) is 0 Å². The summed E-state index contributed by atoms with van der Waals surface area (Å²) >= 11 is 0. The van der Waals surface area contributed by atoms with Crippen LogP contribution in [0.3, 0.4) is 0 Å². The zero-order valence-corrected chi connectivity index (χ0v) is 14.8. The number of hydrogen-bond donors (Lipinski definition) is 0. The quantitative estimate of drug-likeness (QED) is 0.783. The number of fused-ring (bicyclic) bond motifs is 1. The number of imidazole rings is 1. The predicted molar refractivity (Wildman–Crippen MR) is 97.8 cm³/mol. The van der Waals surface area contributed by atoms with Crippen molar-refractivity contribution < 1.29 is 0 Å². The molecule has 0 aliphatic carbocycles. The Morgan fingerprint density at radius 2 is 1.78 bits per heavy atom. The summed E-state index contributed by atoms with van der Waals surface area (Å²) in [7, 11) is 0. The molecule has 3 rings (SSSR count). The van der Waals surface area contributed by atoms with Crippen molar-refractivity contribution in [2.24, 2.45) is 5.92 Å². The highest BCUT2D eigenvalue weighted by molar-refractivity contribution is 5.75. The molecule has 1 aromatic heterocycles. The van der Waals surface area contributed by atoms with Gasteiger partial charge in [-0.05, 0) is 56.9 Å². The average molecular weight is 313 g/mol. The first-order valence-electron chi connectivity index (χ1n) is 9.40. The molecule has 1 aromatic carbocycles. The van der Waals surface area contributed by atoms with Gasteiger partial charge in [-0.1, -0.05) is 38.8 Å². The summed E-state index contributed by atoms with van der Waals surface area (Å²) in [5, 5.41) is 0. The lowest BCUT2D eigenvalue weighted by Gasteiger charge is -2.19. The molecule has 23 heavy (non-hydrogen) atoms. The molecular weight excluding hydrogens is 282 g/mol. The van der Waals surface area contributed by atoms with Crippen molar-refractivity contribution in [1.29, 1.82) is 0 Å². The third kappa shape index (κ3) is 4.35. The summed E-state index contributed by atoms with van der Waals surface area (Å²) in [6.45, 7) is 9.46. The Labute approximate surface area is 140 Å². The molecule has 2 aromatic rings. The Kier molecular flexibility index (Phi) is 5.71. The molecule has 1 fully saturated rings. The summed E-state index contributed by atoms with van der Waals surface area (Å²) in [5.41, 5.74) is 2.45. The van der Waals surface area contributed by atoms with Crippen LogP contribution in [-0.2, 0) is 13.0 Å². The molecule has 0 amide bonds. The minimum atomic E-state index is 0.650. The van der Waals surface area contributed by atoms with Crippen LogP contribution in [0, 0.1) is 5.92 Å². The Bertz CT molecular complexity index is 606. The predicted octanol–water partition coefficient (Wildman–Crippen LogP) is 4.50. The smallest absolute Gasteiger partial charge is 0.109 e. The van der Waals surface area contributed by atoms with Crippen LogP contribution < -0.4 is 0 Å². The van der Waals surface area contributed by atoms with Crippen molar-refractivity contribution in [3.05, 3.63) is 30.1 Å². The maximum atomic E-state index is 4.91. The van der Waals surface area contributed by atoms with Gasteiger partial charge in [0.1, 0.15) is 5.82 Å². The van der Waals surface area contributed by atoms with Gasteiger partial charge in [-0.3, -0.25) is 0 Å². The fraction of sp³-hybridized carbons (Fsp3) is 0.650. The van der Waals surface area contributed by atoms with Crippen molar-refractivity contribution in [3.8, 4) is 0 Å². The fourth-order valence-electron chi connectivity index (χ4n) is 3.71. The van der Waals surface area contributed by atoms with Gasteiger partial charge < -0.3 is 9.47 Å². The lowest BCUT2D eigenvalue weighted by Crippen LogP contribution is -2.26. The molecule has 0 N–H and O–H groups in total. The summed E-state index contributed by atoms with van der Waals surface area (Å²) in [5.74, 6) is 1.92. The second-order valence-corrected chi connectivity index (χ2v) is 7.38. The van der Waals surface area contributed by atoms with Gasteiger partial charge in [0.05, 0.1) is 11.0 Å². The number of para-hydroxylation sites is 2. The number of benzene rings is 1. The van der Waals surface area contributed by atoms with E-state index >= 15 is 0 Å². The van der Waals surface area contributed by atoms with Crippen molar-refractivity contribution in [2.45, 2.75) is 58.9 Å².